The van der Waals surface area contributed by atoms with Gasteiger partial charge in [-0.1, -0.05) is 12.1 Å². The molecule has 0 aromatic heterocycles. The van der Waals surface area contributed by atoms with Gasteiger partial charge in [-0.25, -0.2) is 4.99 Å². The van der Waals surface area contributed by atoms with Gasteiger partial charge in [0.25, 0.3) is 0 Å². The van der Waals surface area contributed by atoms with E-state index in [2.05, 4.69) is 23.2 Å². The second-order valence-electron chi connectivity index (χ2n) is 7.37. The first kappa shape index (κ1) is 22.4. The van der Waals surface area contributed by atoms with Crippen LogP contribution in [0.15, 0.2) is 23.2 Å². The minimum Gasteiger partial charge on any atom is -0.490 e. The summed E-state index contributed by atoms with van der Waals surface area (Å²) < 4.78 is 23.6. The zero-order valence-corrected chi connectivity index (χ0v) is 19.4. The molecule has 0 bridgehead atoms. The van der Waals surface area contributed by atoms with Gasteiger partial charge in [-0.05, 0) is 25.8 Å². The normalized spacial score (nSPS) is 24.6. The minimum absolute atomic E-state index is 0. The molecule has 3 aliphatic heterocycles. The second kappa shape index (κ2) is 11.2. The number of halogens is 1. The van der Waals surface area contributed by atoms with E-state index in [9.17, 15) is 0 Å². The SMILES string of the molecule is CCNC(=NCc1cccc2c1OCCCO2)N1CCOC(C2CCCO2)C1.I. The first-order chi connectivity index (χ1) is 13.8. The van der Waals surface area contributed by atoms with Crippen LogP contribution in [-0.2, 0) is 16.0 Å². The first-order valence-corrected chi connectivity index (χ1v) is 10.5. The number of rotatable bonds is 4. The number of guanidine groups is 1. The molecule has 162 valence electrons. The Morgan fingerprint density at radius 2 is 1.97 bits per heavy atom. The number of nitrogens with one attached hydrogen (secondary N) is 1. The molecule has 7 nitrogen and oxygen atoms in total. The van der Waals surface area contributed by atoms with Crippen LogP contribution in [0.2, 0.25) is 0 Å². The Hall–Kier alpha value is -1.26. The van der Waals surface area contributed by atoms with Crippen molar-refractivity contribution in [3.05, 3.63) is 23.8 Å². The molecule has 2 fully saturated rings. The van der Waals surface area contributed by atoms with E-state index in [1.165, 1.54) is 0 Å². The maximum absolute atomic E-state index is 5.99. The van der Waals surface area contributed by atoms with Gasteiger partial charge in [0.2, 0.25) is 0 Å². The number of benzene rings is 1. The van der Waals surface area contributed by atoms with E-state index in [0.29, 0.717) is 26.4 Å². The number of hydrogen-bond donors (Lipinski definition) is 1. The van der Waals surface area contributed by atoms with Crippen LogP contribution in [0.1, 0.15) is 31.7 Å². The molecule has 3 heterocycles. The zero-order valence-electron chi connectivity index (χ0n) is 17.1. The Morgan fingerprint density at radius 1 is 1.10 bits per heavy atom. The van der Waals surface area contributed by atoms with Crippen LogP contribution in [0, 0.1) is 0 Å². The van der Waals surface area contributed by atoms with Crippen LogP contribution < -0.4 is 14.8 Å². The van der Waals surface area contributed by atoms with Crippen molar-refractivity contribution < 1.29 is 18.9 Å². The van der Waals surface area contributed by atoms with Crippen LogP contribution in [-0.4, -0.2) is 69.1 Å². The van der Waals surface area contributed by atoms with Crippen molar-refractivity contribution in [3.8, 4) is 11.5 Å². The predicted molar refractivity (Wildman–Crippen MR) is 123 cm³/mol. The number of para-hydroxylation sites is 1. The van der Waals surface area contributed by atoms with E-state index in [4.69, 9.17) is 23.9 Å². The monoisotopic (exact) mass is 517 g/mol. The highest BCUT2D eigenvalue weighted by Gasteiger charge is 2.32. The molecule has 2 saturated heterocycles. The fraction of sp³-hybridized carbons (Fsp3) is 0.667. The van der Waals surface area contributed by atoms with Crippen LogP contribution in [0.25, 0.3) is 0 Å². The molecule has 0 aliphatic carbocycles. The lowest BCUT2D eigenvalue weighted by Gasteiger charge is -2.37. The summed E-state index contributed by atoms with van der Waals surface area (Å²) in [7, 11) is 0. The zero-order chi connectivity index (χ0) is 19.2. The highest BCUT2D eigenvalue weighted by Crippen LogP contribution is 2.33. The van der Waals surface area contributed by atoms with Crippen molar-refractivity contribution in [2.75, 3.05) is 46.1 Å². The molecule has 0 saturated carbocycles. The van der Waals surface area contributed by atoms with Gasteiger partial charge in [0, 0.05) is 38.2 Å². The van der Waals surface area contributed by atoms with E-state index in [1.54, 1.807) is 0 Å². The number of morpholine rings is 1. The van der Waals surface area contributed by atoms with Crippen molar-refractivity contribution >= 4 is 29.9 Å². The standard InChI is InChI=1S/C21H31N3O4.HI/c1-2-22-21(24-9-13-27-19(15-24)17-8-4-10-25-17)23-14-16-6-3-7-18-20(16)28-12-5-11-26-18;/h3,6-7,17,19H,2,4-5,8-15H2,1H3,(H,22,23);1H. The molecule has 1 aromatic rings. The summed E-state index contributed by atoms with van der Waals surface area (Å²) >= 11 is 0. The van der Waals surface area contributed by atoms with Crippen molar-refractivity contribution in [3.63, 3.8) is 0 Å². The van der Waals surface area contributed by atoms with Gasteiger partial charge >= 0.3 is 0 Å². The fourth-order valence-corrected chi connectivity index (χ4v) is 3.95. The van der Waals surface area contributed by atoms with Gasteiger partial charge in [-0.15, -0.1) is 24.0 Å². The molecule has 0 radical (unpaired) electrons. The van der Waals surface area contributed by atoms with E-state index >= 15 is 0 Å². The number of ether oxygens (including phenoxy) is 4. The summed E-state index contributed by atoms with van der Waals surface area (Å²) in [6, 6.07) is 6.04. The highest BCUT2D eigenvalue weighted by molar-refractivity contribution is 14.0. The van der Waals surface area contributed by atoms with E-state index < -0.39 is 0 Å². The molecule has 8 heteroatoms. The van der Waals surface area contributed by atoms with Crippen molar-refractivity contribution in [1.82, 2.24) is 10.2 Å². The Labute approximate surface area is 190 Å². The van der Waals surface area contributed by atoms with Gasteiger partial charge in [0.15, 0.2) is 17.5 Å². The average Bonchev–Trinajstić information content (AvgIpc) is 3.16. The first-order valence-electron chi connectivity index (χ1n) is 10.5. The van der Waals surface area contributed by atoms with Gasteiger partial charge < -0.3 is 29.2 Å². The van der Waals surface area contributed by atoms with Crippen LogP contribution in [0.4, 0.5) is 0 Å². The maximum atomic E-state index is 5.99. The summed E-state index contributed by atoms with van der Waals surface area (Å²) in [5.41, 5.74) is 1.05. The van der Waals surface area contributed by atoms with E-state index in [1.807, 2.05) is 12.1 Å². The summed E-state index contributed by atoms with van der Waals surface area (Å²) in [5, 5.41) is 3.43. The van der Waals surface area contributed by atoms with Crippen LogP contribution >= 0.6 is 24.0 Å². The van der Waals surface area contributed by atoms with Crippen molar-refractivity contribution in [1.29, 1.82) is 0 Å². The number of fused-ring (bicyclic) bond motifs is 1. The quantitative estimate of drug-likeness (QED) is 0.377. The molecular weight excluding hydrogens is 485 g/mol. The molecule has 3 aliphatic rings. The Bertz CT molecular complexity index is 682. The Kier molecular flexibility index (Phi) is 8.68. The lowest BCUT2D eigenvalue weighted by molar-refractivity contribution is -0.0817. The van der Waals surface area contributed by atoms with Crippen LogP contribution in [0.3, 0.4) is 0 Å². The van der Waals surface area contributed by atoms with Gasteiger partial charge in [0.1, 0.15) is 6.10 Å². The van der Waals surface area contributed by atoms with Gasteiger partial charge in [-0.3, -0.25) is 0 Å². The second-order valence-corrected chi connectivity index (χ2v) is 7.37. The molecule has 4 rings (SSSR count). The summed E-state index contributed by atoms with van der Waals surface area (Å²) in [6.07, 6.45) is 3.43. The van der Waals surface area contributed by atoms with Gasteiger partial charge in [0.05, 0.1) is 32.5 Å². The minimum atomic E-state index is 0. The third kappa shape index (κ3) is 5.67. The summed E-state index contributed by atoms with van der Waals surface area (Å²) in [4.78, 5) is 7.20. The molecule has 1 aromatic carbocycles. The molecule has 1 N–H and O–H groups in total. The summed E-state index contributed by atoms with van der Waals surface area (Å²) in [5.74, 6) is 2.57. The smallest absolute Gasteiger partial charge is 0.194 e. The predicted octanol–water partition coefficient (Wildman–Crippen LogP) is 2.81. The number of nitrogens with zero attached hydrogens (tertiary/aromatic N) is 2. The molecule has 0 amide bonds. The Morgan fingerprint density at radius 3 is 2.79 bits per heavy atom. The van der Waals surface area contributed by atoms with Crippen LogP contribution in [0.5, 0.6) is 11.5 Å². The third-order valence-electron chi connectivity index (χ3n) is 5.36. The molecule has 2 unspecified atom stereocenters. The fourth-order valence-electron chi connectivity index (χ4n) is 3.95. The van der Waals surface area contributed by atoms with Gasteiger partial charge in [-0.2, -0.15) is 0 Å². The molecular formula is C21H32IN3O4. The van der Waals surface area contributed by atoms with Crippen molar-refractivity contribution in [2.45, 2.75) is 44.9 Å². The molecule has 0 spiro atoms. The van der Waals surface area contributed by atoms with Crippen molar-refractivity contribution in [2.24, 2.45) is 4.99 Å². The van der Waals surface area contributed by atoms with E-state index in [0.717, 1.165) is 68.5 Å². The number of hydrogen-bond acceptors (Lipinski definition) is 5. The molecule has 29 heavy (non-hydrogen) atoms. The van der Waals surface area contributed by atoms with E-state index in [-0.39, 0.29) is 36.2 Å². The highest BCUT2D eigenvalue weighted by atomic mass is 127. The Balaban J connectivity index is 0.00000240. The average molecular weight is 517 g/mol. The molecule has 2 atom stereocenters. The largest absolute Gasteiger partial charge is 0.490 e. The topological polar surface area (TPSA) is 64.6 Å². The lowest BCUT2D eigenvalue weighted by Crippen LogP contribution is -2.53. The number of aliphatic imine (C=N–C) groups is 1. The third-order valence-corrected chi connectivity index (χ3v) is 5.36. The summed E-state index contributed by atoms with van der Waals surface area (Å²) in [6.45, 7) is 8.04. The maximum Gasteiger partial charge on any atom is 0.194 e. The lowest BCUT2D eigenvalue weighted by atomic mass is 10.1.